The Kier molecular flexibility index (Phi) is 6.64. The first-order valence-electron chi connectivity index (χ1n) is 9.97. The maximum atomic E-state index is 12.8. The molecule has 3 aromatic rings. The van der Waals surface area contributed by atoms with Crippen molar-refractivity contribution >= 4 is 44.2 Å². The van der Waals surface area contributed by atoms with Gasteiger partial charge >= 0.3 is 0 Å². The first-order chi connectivity index (χ1) is 13.9. The van der Waals surface area contributed by atoms with E-state index in [0.29, 0.717) is 17.1 Å². The molecule has 0 saturated heterocycles. The number of carbonyl (C=O) groups is 2. The summed E-state index contributed by atoms with van der Waals surface area (Å²) in [7, 11) is 0. The number of rotatable bonds is 7. The molecule has 0 atom stereocenters. The highest BCUT2D eigenvalue weighted by atomic mass is 32.1. The minimum Gasteiger partial charge on any atom is -0.322 e. The maximum Gasteiger partial charge on any atom is 0.255 e. The number of nitrogens with one attached hydrogen (secondary N) is 2. The van der Waals surface area contributed by atoms with Gasteiger partial charge in [-0.3, -0.25) is 9.59 Å². The molecule has 0 unspecified atom stereocenters. The van der Waals surface area contributed by atoms with E-state index in [-0.39, 0.29) is 11.8 Å². The lowest BCUT2D eigenvalue weighted by molar-refractivity contribution is -0.116. The SMILES string of the molecule is CCCCCC(=O)Nc1nc2ccc(C(=O)Nc3c(C)cc(C)cc3C)cc2s1. The van der Waals surface area contributed by atoms with Crippen LogP contribution in [0.4, 0.5) is 10.8 Å². The second-order valence-electron chi connectivity index (χ2n) is 7.43. The van der Waals surface area contributed by atoms with E-state index in [1.807, 2.05) is 32.9 Å². The number of carbonyl (C=O) groups excluding carboxylic acids is 2. The number of nitrogens with zero attached hydrogens (tertiary/aromatic N) is 1. The van der Waals surface area contributed by atoms with Gasteiger partial charge < -0.3 is 10.6 Å². The van der Waals surface area contributed by atoms with Crippen LogP contribution in [0.25, 0.3) is 10.2 Å². The first kappa shape index (κ1) is 21.0. The van der Waals surface area contributed by atoms with Crippen LogP contribution >= 0.6 is 11.3 Å². The third-order valence-corrected chi connectivity index (χ3v) is 5.75. The van der Waals surface area contributed by atoms with Crippen LogP contribution in [0.2, 0.25) is 0 Å². The Hall–Kier alpha value is -2.73. The van der Waals surface area contributed by atoms with Crippen molar-refractivity contribution in [2.45, 2.75) is 53.4 Å². The molecular formula is C23H27N3O2S. The second kappa shape index (κ2) is 9.18. The zero-order valence-electron chi connectivity index (χ0n) is 17.4. The van der Waals surface area contributed by atoms with Crippen molar-refractivity contribution in [3.8, 4) is 0 Å². The van der Waals surface area contributed by atoms with Crippen molar-refractivity contribution in [3.63, 3.8) is 0 Å². The smallest absolute Gasteiger partial charge is 0.255 e. The van der Waals surface area contributed by atoms with Crippen LogP contribution in [0, 0.1) is 20.8 Å². The molecule has 5 nitrogen and oxygen atoms in total. The highest BCUT2D eigenvalue weighted by Crippen LogP contribution is 2.28. The number of aromatic nitrogens is 1. The summed E-state index contributed by atoms with van der Waals surface area (Å²) in [5.74, 6) is -0.165. The average molecular weight is 410 g/mol. The zero-order valence-corrected chi connectivity index (χ0v) is 18.2. The first-order valence-corrected chi connectivity index (χ1v) is 10.8. The Bertz CT molecular complexity index is 1030. The number of aryl methyl sites for hydroxylation is 3. The minimum absolute atomic E-state index is 0.0132. The summed E-state index contributed by atoms with van der Waals surface area (Å²) in [5.41, 5.74) is 5.46. The molecule has 3 rings (SSSR count). The number of fused-ring (bicyclic) bond motifs is 1. The van der Waals surface area contributed by atoms with Crippen LogP contribution in [0.1, 0.15) is 59.7 Å². The Morgan fingerprint density at radius 3 is 2.41 bits per heavy atom. The number of benzene rings is 2. The van der Waals surface area contributed by atoms with Gasteiger partial charge in [0.15, 0.2) is 5.13 Å². The Morgan fingerprint density at radius 2 is 1.72 bits per heavy atom. The van der Waals surface area contributed by atoms with Gasteiger partial charge in [-0.15, -0.1) is 0 Å². The van der Waals surface area contributed by atoms with E-state index >= 15 is 0 Å². The summed E-state index contributed by atoms with van der Waals surface area (Å²) in [4.78, 5) is 29.3. The van der Waals surface area contributed by atoms with Crippen LogP contribution < -0.4 is 10.6 Å². The van der Waals surface area contributed by atoms with E-state index in [1.165, 1.54) is 16.9 Å². The highest BCUT2D eigenvalue weighted by molar-refractivity contribution is 7.22. The van der Waals surface area contributed by atoms with Crippen molar-refractivity contribution < 1.29 is 9.59 Å². The zero-order chi connectivity index (χ0) is 21.0. The number of anilines is 2. The third-order valence-electron chi connectivity index (χ3n) is 4.82. The summed E-state index contributed by atoms with van der Waals surface area (Å²) in [5, 5.41) is 6.47. The lowest BCUT2D eigenvalue weighted by Gasteiger charge is -2.12. The Morgan fingerprint density at radius 1 is 1.00 bits per heavy atom. The van der Waals surface area contributed by atoms with Gasteiger partial charge in [0, 0.05) is 17.7 Å². The van der Waals surface area contributed by atoms with E-state index in [4.69, 9.17) is 0 Å². The van der Waals surface area contributed by atoms with Gasteiger partial charge in [0.1, 0.15) is 0 Å². The minimum atomic E-state index is -0.152. The van der Waals surface area contributed by atoms with Crippen molar-refractivity contribution in [3.05, 3.63) is 52.6 Å². The van der Waals surface area contributed by atoms with Gasteiger partial charge in [0.05, 0.1) is 10.2 Å². The van der Waals surface area contributed by atoms with Crippen LogP contribution in [0.3, 0.4) is 0 Å². The maximum absolute atomic E-state index is 12.8. The Balaban J connectivity index is 1.74. The van der Waals surface area contributed by atoms with Crippen molar-refractivity contribution in [1.82, 2.24) is 4.98 Å². The lowest BCUT2D eigenvalue weighted by Crippen LogP contribution is -2.13. The summed E-state index contributed by atoms with van der Waals surface area (Å²) in [6, 6.07) is 9.54. The normalized spacial score (nSPS) is 10.9. The summed E-state index contributed by atoms with van der Waals surface area (Å²) < 4.78 is 0.874. The van der Waals surface area contributed by atoms with E-state index in [1.54, 1.807) is 6.07 Å². The average Bonchev–Trinajstić information content (AvgIpc) is 3.05. The highest BCUT2D eigenvalue weighted by Gasteiger charge is 2.13. The predicted molar refractivity (Wildman–Crippen MR) is 121 cm³/mol. The second-order valence-corrected chi connectivity index (χ2v) is 8.47. The van der Waals surface area contributed by atoms with Gasteiger partial charge in [-0.2, -0.15) is 0 Å². The molecule has 0 aliphatic rings. The lowest BCUT2D eigenvalue weighted by atomic mass is 10.0. The van der Waals surface area contributed by atoms with Crippen molar-refractivity contribution in [2.75, 3.05) is 10.6 Å². The van der Waals surface area contributed by atoms with Gasteiger partial charge in [-0.1, -0.05) is 48.8 Å². The molecule has 6 heteroatoms. The predicted octanol–water partition coefficient (Wildman–Crippen LogP) is 5.99. The van der Waals surface area contributed by atoms with E-state index in [9.17, 15) is 9.59 Å². The molecule has 0 aliphatic carbocycles. The number of thiazole rings is 1. The largest absolute Gasteiger partial charge is 0.322 e. The summed E-state index contributed by atoms with van der Waals surface area (Å²) >= 11 is 1.39. The molecule has 2 amide bonds. The molecule has 2 aromatic carbocycles. The molecule has 0 fully saturated rings. The fraction of sp³-hybridized carbons (Fsp3) is 0.348. The van der Waals surface area contributed by atoms with Gasteiger partial charge in [-0.05, 0) is 56.5 Å². The summed E-state index contributed by atoms with van der Waals surface area (Å²) in [6.45, 7) is 8.15. The van der Waals surface area contributed by atoms with Crippen LogP contribution in [0.5, 0.6) is 0 Å². The van der Waals surface area contributed by atoms with Gasteiger partial charge in [0.25, 0.3) is 5.91 Å². The quantitative estimate of drug-likeness (QED) is 0.471. The van der Waals surface area contributed by atoms with E-state index < -0.39 is 0 Å². The molecule has 0 bridgehead atoms. The molecule has 0 aliphatic heterocycles. The van der Waals surface area contributed by atoms with E-state index in [0.717, 1.165) is 46.3 Å². The van der Waals surface area contributed by atoms with Crippen molar-refractivity contribution in [2.24, 2.45) is 0 Å². The number of hydrogen-bond donors (Lipinski definition) is 2. The number of amides is 2. The monoisotopic (exact) mass is 409 g/mol. The van der Waals surface area contributed by atoms with E-state index in [2.05, 4.69) is 34.7 Å². The van der Waals surface area contributed by atoms with Crippen LogP contribution in [0.15, 0.2) is 30.3 Å². The molecule has 0 spiro atoms. The summed E-state index contributed by atoms with van der Waals surface area (Å²) in [6.07, 6.45) is 3.52. The third kappa shape index (κ3) is 5.21. The molecule has 0 radical (unpaired) electrons. The fourth-order valence-corrected chi connectivity index (χ4v) is 4.32. The topological polar surface area (TPSA) is 71.1 Å². The van der Waals surface area contributed by atoms with Gasteiger partial charge in [-0.25, -0.2) is 4.98 Å². The molecule has 2 N–H and O–H groups in total. The molecule has 29 heavy (non-hydrogen) atoms. The van der Waals surface area contributed by atoms with Crippen LogP contribution in [-0.4, -0.2) is 16.8 Å². The molecule has 1 aromatic heterocycles. The molecular weight excluding hydrogens is 382 g/mol. The number of unbranched alkanes of at least 4 members (excludes halogenated alkanes) is 2. The number of hydrogen-bond acceptors (Lipinski definition) is 4. The molecule has 1 heterocycles. The van der Waals surface area contributed by atoms with Gasteiger partial charge in [0.2, 0.25) is 5.91 Å². The van der Waals surface area contributed by atoms with Crippen LogP contribution in [-0.2, 0) is 4.79 Å². The molecule has 0 saturated carbocycles. The molecule has 152 valence electrons. The fourth-order valence-electron chi connectivity index (χ4n) is 3.40. The Labute approximate surface area is 175 Å². The standard InChI is InChI=1S/C23H27N3O2S/c1-5-6-7-8-20(27)25-23-24-18-10-9-17(13-19(18)29-23)22(28)26-21-15(3)11-14(2)12-16(21)4/h9-13H,5-8H2,1-4H3,(H,26,28)(H,24,25,27). The van der Waals surface area contributed by atoms with Crippen molar-refractivity contribution in [1.29, 1.82) is 0 Å².